The van der Waals surface area contributed by atoms with Crippen LogP contribution in [0, 0.1) is 11.3 Å². The first-order chi connectivity index (χ1) is 10.7. The Morgan fingerprint density at radius 2 is 2.23 bits per heavy atom. The molecule has 6 heteroatoms. The van der Waals surface area contributed by atoms with Crippen LogP contribution in [0.25, 0.3) is 11.3 Å². The van der Waals surface area contributed by atoms with E-state index in [1.54, 1.807) is 36.4 Å². The van der Waals surface area contributed by atoms with E-state index < -0.39 is 5.91 Å². The summed E-state index contributed by atoms with van der Waals surface area (Å²) in [7, 11) is 0. The maximum absolute atomic E-state index is 11.6. The number of aliphatic hydroxyl groups is 1. The number of carbonyl (C=O) groups is 1. The Hall–Kier alpha value is -2.78. The first-order valence-electron chi connectivity index (χ1n) is 6.81. The Morgan fingerprint density at radius 3 is 2.86 bits per heavy atom. The Balaban J connectivity index is 2.33. The molecule has 2 rings (SSSR count). The predicted octanol–water partition coefficient (Wildman–Crippen LogP) is 2.69. The van der Waals surface area contributed by atoms with Gasteiger partial charge in [0.2, 0.25) is 5.91 Å². The van der Waals surface area contributed by atoms with Gasteiger partial charge in [0.1, 0.15) is 30.3 Å². The SMILES string of the molecule is CCOc1ccc(-c2ccc(CO)o2)cc1NC(=O)CC#N. The molecule has 0 bridgehead atoms. The number of furan rings is 1. The van der Waals surface area contributed by atoms with Crippen molar-refractivity contribution in [2.45, 2.75) is 20.0 Å². The van der Waals surface area contributed by atoms with Gasteiger partial charge >= 0.3 is 0 Å². The molecule has 0 aliphatic carbocycles. The number of ether oxygens (including phenoxy) is 1. The fourth-order valence-corrected chi connectivity index (χ4v) is 1.95. The molecule has 0 saturated heterocycles. The highest BCUT2D eigenvalue weighted by Crippen LogP contribution is 2.32. The van der Waals surface area contributed by atoms with Crippen molar-refractivity contribution in [2.24, 2.45) is 0 Å². The van der Waals surface area contributed by atoms with E-state index >= 15 is 0 Å². The van der Waals surface area contributed by atoms with E-state index in [-0.39, 0.29) is 13.0 Å². The van der Waals surface area contributed by atoms with Crippen LogP contribution in [-0.4, -0.2) is 17.6 Å². The zero-order valence-electron chi connectivity index (χ0n) is 12.1. The molecule has 1 aromatic heterocycles. The van der Waals surface area contributed by atoms with Crippen LogP contribution in [0.5, 0.6) is 5.75 Å². The molecule has 0 radical (unpaired) electrons. The molecule has 2 aromatic rings. The van der Waals surface area contributed by atoms with Crippen LogP contribution in [0.4, 0.5) is 5.69 Å². The van der Waals surface area contributed by atoms with Crippen molar-refractivity contribution in [3.05, 3.63) is 36.1 Å². The average molecular weight is 300 g/mol. The Labute approximate surface area is 127 Å². The van der Waals surface area contributed by atoms with Gasteiger partial charge in [0, 0.05) is 5.56 Å². The molecule has 0 aliphatic rings. The summed E-state index contributed by atoms with van der Waals surface area (Å²) in [5.41, 5.74) is 1.21. The summed E-state index contributed by atoms with van der Waals surface area (Å²) in [6, 6.07) is 10.4. The molecule has 0 unspecified atom stereocenters. The molecular formula is C16H16N2O4. The first-order valence-corrected chi connectivity index (χ1v) is 6.81. The molecule has 6 nitrogen and oxygen atoms in total. The highest BCUT2D eigenvalue weighted by atomic mass is 16.5. The number of anilines is 1. The Morgan fingerprint density at radius 1 is 1.41 bits per heavy atom. The smallest absolute Gasteiger partial charge is 0.238 e. The summed E-state index contributed by atoms with van der Waals surface area (Å²) in [4.78, 5) is 11.6. The topological polar surface area (TPSA) is 95.5 Å². The van der Waals surface area contributed by atoms with Crippen LogP contribution in [0.1, 0.15) is 19.1 Å². The number of amides is 1. The largest absolute Gasteiger partial charge is 0.492 e. The number of nitrogens with one attached hydrogen (secondary N) is 1. The van der Waals surface area contributed by atoms with Crippen molar-refractivity contribution in [1.29, 1.82) is 5.26 Å². The standard InChI is InChI=1S/C16H16N2O4/c1-2-21-15-5-3-11(14-6-4-12(10-19)22-14)9-13(15)18-16(20)7-8-17/h3-6,9,19H,2,7,10H2,1H3,(H,18,20). The molecule has 1 heterocycles. The van der Waals surface area contributed by atoms with Gasteiger partial charge in [-0.25, -0.2) is 0 Å². The van der Waals surface area contributed by atoms with Gasteiger partial charge in [-0.05, 0) is 37.3 Å². The van der Waals surface area contributed by atoms with E-state index in [0.717, 1.165) is 5.56 Å². The highest BCUT2D eigenvalue weighted by molar-refractivity contribution is 5.94. The molecule has 0 atom stereocenters. The molecular weight excluding hydrogens is 284 g/mol. The van der Waals surface area contributed by atoms with Crippen molar-refractivity contribution in [1.82, 2.24) is 0 Å². The molecule has 22 heavy (non-hydrogen) atoms. The summed E-state index contributed by atoms with van der Waals surface area (Å²) in [6.45, 7) is 2.12. The van der Waals surface area contributed by atoms with Crippen LogP contribution in [-0.2, 0) is 11.4 Å². The molecule has 0 fully saturated rings. The summed E-state index contributed by atoms with van der Waals surface area (Å²) >= 11 is 0. The van der Waals surface area contributed by atoms with E-state index in [9.17, 15) is 4.79 Å². The number of nitriles is 1. The van der Waals surface area contributed by atoms with Gasteiger partial charge in [-0.3, -0.25) is 4.79 Å². The molecule has 2 N–H and O–H groups in total. The van der Waals surface area contributed by atoms with E-state index in [0.29, 0.717) is 29.6 Å². The predicted molar refractivity (Wildman–Crippen MR) is 80.1 cm³/mol. The van der Waals surface area contributed by atoms with Gasteiger partial charge < -0.3 is 19.6 Å². The number of benzene rings is 1. The van der Waals surface area contributed by atoms with Crippen molar-refractivity contribution < 1.29 is 19.1 Å². The number of aliphatic hydroxyl groups excluding tert-OH is 1. The van der Waals surface area contributed by atoms with E-state index in [1.165, 1.54) is 0 Å². The van der Waals surface area contributed by atoms with Gasteiger partial charge in [-0.2, -0.15) is 5.26 Å². The molecule has 0 saturated carbocycles. The molecule has 1 amide bonds. The molecule has 0 spiro atoms. The third kappa shape index (κ3) is 3.65. The lowest BCUT2D eigenvalue weighted by Crippen LogP contribution is -2.11. The maximum Gasteiger partial charge on any atom is 0.238 e. The third-order valence-electron chi connectivity index (χ3n) is 2.90. The van der Waals surface area contributed by atoms with Crippen LogP contribution in [0.2, 0.25) is 0 Å². The average Bonchev–Trinajstić information content (AvgIpc) is 2.98. The second-order valence-corrected chi connectivity index (χ2v) is 4.45. The van der Waals surface area contributed by atoms with E-state index in [2.05, 4.69) is 5.32 Å². The minimum Gasteiger partial charge on any atom is -0.492 e. The van der Waals surface area contributed by atoms with E-state index in [1.807, 2.05) is 6.92 Å². The number of carbonyl (C=O) groups excluding carboxylic acids is 1. The van der Waals surface area contributed by atoms with Crippen molar-refractivity contribution in [3.63, 3.8) is 0 Å². The molecule has 1 aromatic carbocycles. The minimum atomic E-state index is -0.406. The lowest BCUT2D eigenvalue weighted by molar-refractivity contribution is -0.115. The van der Waals surface area contributed by atoms with Gasteiger partial charge in [-0.15, -0.1) is 0 Å². The number of nitrogens with zero attached hydrogens (tertiary/aromatic N) is 1. The fraction of sp³-hybridized carbons (Fsp3) is 0.250. The lowest BCUT2D eigenvalue weighted by atomic mass is 10.1. The molecule has 114 valence electrons. The van der Waals surface area contributed by atoms with Crippen molar-refractivity contribution in [3.8, 4) is 23.1 Å². The van der Waals surface area contributed by atoms with Crippen LogP contribution in [0.15, 0.2) is 34.7 Å². The van der Waals surface area contributed by atoms with E-state index in [4.69, 9.17) is 19.5 Å². The second kappa shape index (κ2) is 7.29. The number of hydrogen-bond donors (Lipinski definition) is 2. The summed E-state index contributed by atoms with van der Waals surface area (Å²) in [5, 5.41) is 20.3. The quantitative estimate of drug-likeness (QED) is 0.855. The van der Waals surface area contributed by atoms with Crippen LogP contribution >= 0.6 is 0 Å². The van der Waals surface area contributed by atoms with Crippen LogP contribution in [0.3, 0.4) is 0 Å². The fourth-order valence-electron chi connectivity index (χ4n) is 1.95. The lowest BCUT2D eigenvalue weighted by Gasteiger charge is -2.12. The van der Waals surface area contributed by atoms with Crippen LogP contribution < -0.4 is 10.1 Å². The second-order valence-electron chi connectivity index (χ2n) is 4.45. The third-order valence-corrected chi connectivity index (χ3v) is 2.90. The Bertz CT molecular complexity index is 700. The number of rotatable bonds is 6. The van der Waals surface area contributed by atoms with Gasteiger partial charge in [-0.1, -0.05) is 0 Å². The maximum atomic E-state index is 11.6. The van der Waals surface area contributed by atoms with Gasteiger partial charge in [0.05, 0.1) is 18.4 Å². The zero-order chi connectivity index (χ0) is 15.9. The number of hydrogen-bond acceptors (Lipinski definition) is 5. The minimum absolute atomic E-state index is 0.178. The highest BCUT2D eigenvalue weighted by Gasteiger charge is 2.12. The first kappa shape index (κ1) is 15.6. The van der Waals surface area contributed by atoms with Crippen molar-refractivity contribution in [2.75, 3.05) is 11.9 Å². The van der Waals surface area contributed by atoms with Gasteiger partial charge in [0.15, 0.2) is 0 Å². The normalized spacial score (nSPS) is 10.0. The monoisotopic (exact) mass is 300 g/mol. The summed E-state index contributed by atoms with van der Waals surface area (Å²) in [5.74, 6) is 1.14. The Kier molecular flexibility index (Phi) is 5.17. The van der Waals surface area contributed by atoms with Crippen molar-refractivity contribution >= 4 is 11.6 Å². The summed E-state index contributed by atoms with van der Waals surface area (Å²) < 4.78 is 10.9. The molecule has 0 aliphatic heterocycles. The zero-order valence-corrected chi connectivity index (χ0v) is 12.1. The summed E-state index contributed by atoms with van der Waals surface area (Å²) in [6.07, 6.45) is -0.231. The van der Waals surface area contributed by atoms with Gasteiger partial charge in [0.25, 0.3) is 0 Å².